The topological polar surface area (TPSA) is 53.7 Å². The summed E-state index contributed by atoms with van der Waals surface area (Å²) in [6.07, 6.45) is 0. The van der Waals surface area contributed by atoms with Gasteiger partial charge in [0.2, 0.25) is 0 Å². The fraction of sp³-hybridized carbons (Fsp3) is 0.250. The number of hydrogen-bond acceptors (Lipinski definition) is 4. The molecule has 2 N–H and O–H groups in total. The number of methoxy groups -OCH3 is 2. The van der Waals surface area contributed by atoms with Gasteiger partial charge in [-0.1, -0.05) is 0 Å². The van der Waals surface area contributed by atoms with Crippen LogP contribution in [0.1, 0.15) is 0 Å². The zero-order valence-corrected chi connectivity index (χ0v) is 8.26. The minimum Gasteiger partial charge on any atom is -0.497 e. The monoisotopic (exact) mass is 205 g/mol. The van der Waals surface area contributed by atoms with Crippen molar-refractivity contribution in [2.75, 3.05) is 14.2 Å². The molecule has 0 saturated carbocycles. The van der Waals surface area contributed by atoms with E-state index in [4.69, 9.17) is 15.4 Å². The Kier molecular flexibility index (Phi) is 5.03. The minimum absolute atomic E-state index is 0. The van der Waals surface area contributed by atoms with E-state index in [-0.39, 0.29) is 12.4 Å². The van der Waals surface area contributed by atoms with E-state index >= 15 is 0 Å². The van der Waals surface area contributed by atoms with Crippen LogP contribution in [0.25, 0.3) is 0 Å². The van der Waals surface area contributed by atoms with Crippen LogP contribution in [0.4, 0.5) is 0 Å². The van der Waals surface area contributed by atoms with E-state index in [1.807, 2.05) is 0 Å². The van der Waals surface area contributed by atoms with E-state index in [2.05, 4.69) is 4.84 Å². The number of benzene rings is 1. The molecule has 0 aliphatic carbocycles. The highest BCUT2D eigenvalue weighted by molar-refractivity contribution is 5.85. The van der Waals surface area contributed by atoms with Crippen LogP contribution in [-0.2, 0) is 0 Å². The Balaban J connectivity index is 0.00000144. The molecule has 5 heteroatoms. The maximum Gasteiger partial charge on any atom is 0.188 e. The van der Waals surface area contributed by atoms with Crippen molar-refractivity contribution in [3.8, 4) is 17.2 Å². The molecule has 0 bridgehead atoms. The first-order valence-electron chi connectivity index (χ1n) is 3.40. The molecule has 74 valence electrons. The SMILES string of the molecule is COc1ccc(ON)c(OC)c1.Cl. The van der Waals surface area contributed by atoms with Crippen LogP contribution >= 0.6 is 12.4 Å². The molecule has 1 aromatic rings. The van der Waals surface area contributed by atoms with Crippen molar-refractivity contribution in [2.24, 2.45) is 5.90 Å². The van der Waals surface area contributed by atoms with Gasteiger partial charge in [0.05, 0.1) is 14.2 Å². The third kappa shape index (κ3) is 2.68. The molecule has 1 aromatic carbocycles. The van der Waals surface area contributed by atoms with E-state index in [1.165, 1.54) is 7.11 Å². The lowest BCUT2D eigenvalue weighted by Gasteiger charge is -2.07. The summed E-state index contributed by atoms with van der Waals surface area (Å²) in [5, 5.41) is 0. The summed E-state index contributed by atoms with van der Waals surface area (Å²) in [6, 6.07) is 5.12. The van der Waals surface area contributed by atoms with E-state index in [9.17, 15) is 0 Å². The van der Waals surface area contributed by atoms with Crippen molar-refractivity contribution in [1.29, 1.82) is 0 Å². The molecule has 0 atom stereocenters. The Morgan fingerprint density at radius 2 is 1.77 bits per heavy atom. The van der Waals surface area contributed by atoms with Gasteiger partial charge in [-0.25, -0.2) is 0 Å². The van der Waals surface area contributed by atoms with Crippen molar-refractivity contribution in [3.05, 3.63) is 18.2 Å². The Morgan fingerprint density at radius 3 is 2.23 bits per heavy atom. The molecule has 0 unspecified atom stereocenters. The van der Waals surface area contributed by atoms with Crippen molar-refractivity contribution < 1.29 is 14.3 Å². The van der Waals surface area contributed by atoms with Crippen molar-refractivity contribution in [1.82, 2.24) is 0 Å². The third-order valence-corrected chi connectivity index (χ3v) is 1.50. The van der Waals surface area contributed by atoms with Gasteiger partial charge in [-0.05, 0) is 12.1 Å². The number of ether oxygens (including phenoxy) is 2. The van der Waals surface area contributed by atoms with Gasteiger partial charge in [-0.15, -0.1) is 12.4 Å². The molecule has 0 aromatic heterocycles. The molecule has 0 heterocycles. The highest BCUT2D eigenvalue weighted by atomic mass is 35.5. The fourth-order valence-electron chi connectivity index (χ4n) is 0.872. The van der Waals surface area contributed by atoms with Crippen LogP contribution in [-0.4, -0.2) is 14.2 Å². The van der Waals surface area contributed by atoms with Crippen LogP contribution in [0.2, 0.25) is 0 Å². The normalized spacial score (nSPS) is 8.54. The van der Waals surface area contributed by atoms with Crippen LogP contribution < -0.4 is 20.2 Å². The van der Waals surface area contributed by atoms with Crippen molar-refractivity contribution >= 4 is 12.4 Å². The highest BCUT2D eigenvalue weighted by Crippen LogP contribution is 2.29. The lowest BCUT2D eigenvalue weighted by Crippen LogP contribution is -2.03. The van der Waals surface area contributed by atoms with Gasteiger partial charge in [0, 0.05) is 6.07 Å². The summed E-state index contributed by atoms with van der Waals surface area (Å²) in [4.78, 5) is 4.56. The average molecular weight is 206 g/mol. The van der Waals surface area contributed by atoms with Crippen LogP contribution in [0.5, 0.6) is 17.2 Å². The number of hydrogen-bond donors (Lipinski definition) is 1. The Morgan fingerprint density at radius 1 is 1.08 bits per heavy atom. The Bertz CT molecular complexity index is 268. The molecule has 0 aliphatic heterocycles. The summed E-state index contributed by atoms with van der Waals surface area (Å²) in [5.74, 6) is 6.74. The summed E-state index contributed by atoms with van der Waals surface area (Å²) in [6.45, 7) is 0. The van der Waals surface area contributed by atoms with Crippen molar-refractivity contribution in [2.45, 2.75) is 0 Å². The molecule has 13 heavy (non-hydrogen) atoms. The highest BCUT2D eigenvalue weighted by Gasteiger charge is 2.04. The summed E-state index contributed by atoms with van der Waals surface area (Å²) in [5.41, 5.74) is 0. The number of nitrogens with two attached hydrogens (primary N) is 1. The molecule has 0 fully saturated rings. The minimum atomic E-state index is 0. The van der Waals surface area contributed by atoms with Gasteiger partial charge in [0.25, 0.3) is 0 Å². The first-order chi connectivity index (χ1) is 5.81. The largest absolute Gasteiger partial charge is 0.497 e. The van der Waals surface area contributed by atoms with E-state index < -0.39 is 0 Å². The van der Waals surface area contributed by atoms with E-state index in [0.717, 1.165) is 0 Å². The smallest absolute Gasteiger partial charge is 0.188 e. The summed E-state index contributed by atoms with van der Waals surface area (Å²) in [7, 11) is 3.12. The molecule has 0 saturated heterocycles. The van der Waals surface area contributed by atoms with Crippen LogP contribution in [0, 0.1) is 0 Å². The van der Waals surface area contributed by atoms with Gasteiger partial charge in [0.15, 0.2) is 11.5 Å². The molecule has 0 aliphatic rings. The first-order valence-corrected chi connectivity index (χ1v) is 3.40. The molecule has 0 radical (unpaired) electrons. The molecular formula is C8H12ClNO3. The first kappa shape index (κ1) is 11.9. The quantitative estimate of drug-likeness (QED) is 0.758. The maximum atomic E-state index is 5.00. The lowest BCUT2D eigenvalue weighted by molar-refractivity contribution is 0.303. The van der Waals surface area contributed by atoms with Gasteiger partial charge >= 0.3 is 0 Å². The zero-order valence-electron chi connectivity index (χ0n) is 7.44. The summed E-state index contributed by atoms with van der Waals surface area (Å²) >= 11 is 0. The molecule has 4 nitrogen and oxygen atoms in total. The van der Waals surface area contributed by atoms with Crippen molar-refractivity contribution in [3.63, 3.8) is 0 Å². The van der Waals surface area contributed by atoms with Gasteiger partial charge in [-0.2, -0.15) is 5.90 Å². The van der Waals surface area contributed by atoms with Gasteiger partial charge in [-0.3, -0.25) is 0 Å². The zero-order chi connectivity index (χ0) is 8.97. The molecule has 1 rings (SSSR count). The Hall–Kier alpha value is -1.13. The standard InChI is InChI=1S/C8H11NO3.ClH/c1-10-6-3-4-7(12-9)8(5-6)11-2;/h3-5H,9H2,1-2H3;1H. The molecular weight excluding hydrogens is 194 g/mol. The lowest BCUT2D eigenvalue weighted by atomic mass is 10.3. The summed E-state index contributed by atoms with van der Waals surface area (Å²) < 4.78 is 9.97. The second kappa shape index (κ2) is 5.50. The van der Waals surface area contributed by atoms with Crippen LogP contribution in [0.15, 0.2) is 18.2 Å². The third-order valence-electron chi connectivity index (χ3n) is 1.50. The predicted octanol–water partition coefficient (Wildman–Crippen LogP) is 1.38. The Labute approximate surface area is 82.9 Å². The second-order valence-corrected chi connectivity index (χ2v) is 2.13. The van der Waals surface area contributed by atoms with E-state index in [0.29, 0.717) is 17.2 Å². The average Bonchev–Trinajstić information content (AvgIpc) is 2.16. The fourth-order valence-corrected chi connectivity index (χ4v) is 0.872. The van der Waals surface area contributed by atoms with Gasteiger partial charge < -0.3 is 14.3 Å². The van der Waals surface area contributed by atoms with E-state index in [1.54, 1.807) is 25.3 Å². The van der Waals surface area contributed by atoms with Crippen LogP contribution in [0.3, 0.4) is 0 Å². The maximum absolute atomic E-state index is 5.00. The number of halogens is 1. The predicted molar refractivity (Wildman–Crippen MR) is 51.6 cm³/mol. The number of rotatable bonds is 3. The second-order valence-electron chi connectivity index (χ2n) is 2.13. The van der Waals surface area contributed by atoms with Gasteiger partial charge in [0.1, 0.15) is 5.75 Å². The molecule has 0 spiro atoms. The molecule has 0 amide bonds.